The summed E-state index contributed by atoms with van der Waals surface area (Å²) >= 11 is 4.01. The molecule has 0 spiro atoms. The molecule has 1 aromatic carbocycles. The summed E-state index contributed by atoms with van der Waals surface area (Å²) in [6.07, 6.45) is 0. The molecule has 1 unspecified atom stereocenters. The van der Waals surface area contributed by atoms with Crippen molar-refractivity contribution in [3.63, 3.8) is 0 Å². The zero-order valence-corrected chi connectivity index (χ0v) is 11.9. The van der Waals surface area contributed by atoms with E-state index in [2.05, 4.69) is 15.4 Å². The van der Waals surface area contributed by atoms with Crippen LogP contribution in [0.25, 0.3) is 0 Å². The molecule has 1 rings (SSSR count). The number of ether oxygens (including phenoxy) is 1. The molecule has 0 N–H and O–H groups in total. The van der Waals surface area contributed by atoms with Gasteiger partial charge in [-0.25, -0.2) is 4.21 Å². The van der Waals surface area contributed by atoms with Gasteiger partial charge in [0.15, 0.2) is 0 Å². The molecule has 1 aromatic rings. The fourth-order valence-corrected chi connectivity index (χ4v) is 1.29. The SMILES string of the molecule is O=S([O-])(=S)OCCOc1ccccc1.[Na+]. The first-order valence-corrected chi connectivity index (χ1v) is 6.19. The minimum absolute atomic E-state index is 0. The van der Waals surface area contributed by atoms with E-state index in [1.807, 2.05) is 18.2 Å². The van der Waals surface area contributed by atoms with E-state index in [4.69, 9.17) is 4.74 Å². The van der Waals surface area contributed by atoms with Gasteiger partial charge in [0.2, 0.25) is 0 Å². The molecule has 0 saturated heterocycles. The first-order valence-electron chi connectivity index (χ1n) is 3.86. The normalized spacial score (nSPS) is 13.7. The van der Waals surface area contributed by atoms with Gasteiger partial charge in [0, 0.05) is 0 Å². The Morgan fingerprint density at radius 3 is 2.40 bits per heavy atom. The van der Waals surface area contributed by atoms with Crippen molar-refractivity contribution >= 4 is 20.2 Å². The van der Waals surface area contributed by atoms with Gasteiger partial charge in [-0.3, -0.25) is 4.18 Å². The molecule has 78 valence electrons. The topological polar surface area (TPSA) is 58.6 Å². The molecule has 0 aliphatic heterocycles. The second-order valence-electron chi connectivity index (χ2n) is 2.39. The number of hydrogen-bond acceptors (Lipinski definition) is 5. The zero-order valence-electron chi connectivity index (χ0n) is 8.25. The van der Waals surface area contributed by atoms with E-state index in [1.54, 1.807) is 12.1 Å². The molecule has 7 heteroatoms. The summed E-state index contributed by atoms with van der Waals surface area (Å²) in [6.45, 7) is 0.0839. The molecule has 0 heterocycles. The van der Waals surface area contributed by atoms with Crippen molar-refractivity contribution in [2.24, 2.45) is 0 Å². The Morgan fingerprint density at radius 2 is 1.87 bits per heavy atom. The molecule has 1 atom stereocenters. The largest absolute Gasteiger partial charge is 1.00 e. The van der Waals surface area contributed by atoms with E-state index in [0.29, 0.717) is 5.75 Å². The van der Waals surface area contributed by atoms with Gasteiger partial charge < -0.3 is 9.29 Å². The van der Waals surface area contributed by atoms with Gasteiger partial charge >= 0.3 is 29.6 Å². The summed E-state index contributed by atoms with van der Waals surface area (Å²) < 4.78 is 30.2. The fraction of sp³-hybridized carbons (Fsp3) is 0.250. The Morgan fingerprint density at radius 1 is 1.27 bits per heavy atom. The van der Waals surface area contributed by atoms with Gasteiger partial charge in [-0.1, -0.05) is 18.2 Å². The van der Waals surface area contributed by atoms with Gasteiger partial charge in [0.25, 0.3) is 0 Å². The number of benzene rings is 1. The summed E-state index contributed by atoms with van der Waals surface area (Å²) in [4.78, 5) is 0. The molecular formula is C8H9NaO4S2. The standard InChI is InChI=1S/C8H10O4S2.Na/c9-14(10,13)12-7-6-11-8-4-2-1-3-5-8;/h1-5H,6-7H2,(H,9,10,13);/q;+1/p-1. The molecule has 0 amide bonds. The molecule has 0 aromatic heterocycles. The second kappa shape index (κ2) is 7.56. The van der Waals surface area contributed by atoms with Gasteiger partial charge in [-0.15, -0.1) is 0 Å². The minimum atomic E-state index is -3.78. The smallest absolute Gasteiger partial charge is 0.748 e. The minimum Gasteiger partial charge on any atom is -0.748 e. The predicted molar refractivity (Wildman–Crippen MR) is 54.2 cm³/mol. The number of hydrogen-bond donors (Lipinski definition) is 0. The van der Waals surface area contributed by atoms with Crippen LogP contribution in [-0.2, 0) is 24.4 Å². The average molecular weight is 256 g/mol. The Bertz CT molecular complexity index is 365. The summed E-state index contributed by atoms with van der Waals surface area (Å²) in [5.74, 6) is 0.665. The van der Waals surface area contributed by atoms with Crippen molar-refractivity contribution < 1.29 is 47.2 Å². The van der Waals surface area contributed by atoms with Gasteiger partial charge in [-0.2, -0.15) is 0 Å². The van der Waals surface area contributed by atoms with Crippen molar-refractivity contribution in [3.8, 4) is 5.75 Å². The van der Waals surface area contributed by atoms with Crippen LogP contribution in [0.2, 0.25) is 0 Å². The molecule has 0 aliphatic carbocycles. The second-order valence-corrected chi connectivity index (χ2v) is 4.67. The Hall–Kier alpha value is 0.310. The van der Waals surface area contributed by atoms with E-state index >= 15 is 0 Å². The number of rotatable bonds is 5. The van der Waals surface area contributed by atoms with Crippen molar-refractivity contribution in [2.45, 2.75) is 0 Å². The molecule has 0 aliphatic rings. The third-order valence-corrected chi connectivity index (χ3v) is 2.07. The molecule has 0 radical (unpaired) electrons. The first-order chi connectivity index (χ1) is 6.58. The third kappa shape index (κ3) is 8.15. The molecule has 15 heavy (non-hydrogen) atoms. The van der Waals surface area contributed by atoms with E-state index in [0.717, 1.165) is 0 Å². The number of para-hydroxylation sites is 1. The van der Waals surface area contributed by atoms with Crippen LogP contribution >= 0.6 is 0 Å². The predicted octanol–water partition coefficient (Wildman–Crippen LogP) is -2.12. The summed E-state index contributed by atoms with van der Waals surface area (Å²) in [7, 11) is -3.78. The van der Waals surface area contributed by atoms with Crippen LogP contribution in [0.1, 0.15) is 0 Å². The van der Waals surface area contributed by atoms with Crippen molar-refractivity contribution in [1.82, 2.24) is 0 Å². The van der Waals surface area contributed by atoms with E-state index in [9.17, 15) is 8.76 Å². The van der Waals surface area contributed by atoms with E-state index in [1.165, 1.54) is 0 Å². The van der Waals surface area contributed by atoms with E-state index in [-0.39, 0.29) is 42.8 Å². The molecule has 0 bridgehead atoms. The summed E-state index contributed by atoms with van der Waals surface area (Å²) in [5, 5.41) is 0. The summed E-state index contributed by atoms with van der Waals surface area (Å²) in [6, 6.07) is 9.03. The Kier molecular flexibility index (Phi) is 7.72. The van der Waals surface area contributed by atoms with Crippen LogP contribution in [0.3, 0.4) is 0 Å². The first kappa shape index (κ1) is 15.3. The zero-order chi connectivity index (χ0) is 10.4. The van der Waals surface area contributed by atoms with Gasteiger partial charge in [0.1, 0.15) is 12.4 Å². The summed E-state index contributed by atoms with van der Waals surface area (Å²) in [5.41, 5.74) is 0. The van der Waals surface area contributed by atoms with Crippen LogP contribution in [0, 0.1) is 0 Å². The quantitative estimate of drug-likeness (QED) is 0.445. The van der Waals surface area contributed by atoms with E-state index < -0.39 is 9.05 Å². The van der Waals surface area contributed by atoms with Gasteiger partial charge in [-0.05, 0) is 23.3 Å². The average Bonchev–Trinajstić information content (AvgIpc) is 2.13. The monoisotopic (exact) mass is 256 g/mol. The Balaban J connectivity index is 0.00000196. The van der Waals surface area contributed by atoms with Gasteiger partial charge in [0.05, 0.1) is 15.7 Å². The van der Waals surface area contributed by atoms with Crippen LogP contribution in [-0.4, -0.2) is 22.0 Å². The van der Waals surface area contributed by atoms with Crippen molar-refractivity contribution in [3.05, 3.63) is 30.3 Å². The maximum Gasteiger partial charge on any atom is 1.00 e. The van der Waals surface area contributed by atoms with Crippen LogP contribution in [0.5, 0.6) is 5.75 Å². The maximum atomic E-state index is 10.4. The third-order valence-electron chi connectivity index (χ3n) is 1.32. The van der Waals surface area contributed by atoms with Crippen molar-refractivity contribution in [1.29, 1.82) is 0 Å². The maximum absolute atomic E-state index is 10.4. The molecule has 0 fully saturated rings. The van der Waals surface area contributed by atoms with Crippen LogP contribution in [0.4, 0.5) is 0 Å². The fourth-order valence-electron chi connectivity index (χ4n) is 0.812. The molecular weight excluding hydrogens is 247 g/mol. The van der Waals surface area contributed by atoms with Crippen molar-refractivity contribution in [2.75, 3.05) is 13.2 Å². The van der Waals surface area contributed by atoms with Crippen LogP contribution in [0.15, 0.2) is 30.3 Å². The van der Waals surface area contributed by atoms with Crippen LogP contribution < -0.4 is 34.3 Å². The Labute approximate surface area is 116 Å². The molecule has 4 nitrogen and oxygen atoms in total. The molecule has 0 saturated carbocycles.